The Bertz CT molecular complexity index is 1780. The van der Waals surface area contributed by atoms with Gasteiger partial charge in [-0.05, 0) is 53.1 Å². The van der Waals surface area contributed by atoms with Crippen molar-refractivity contribution < 1.29 is 17.9 Å². The Labute approximate surface area is 243 Å². The molecule has 6 rings (SSSR count). The van der Waals surface area contributed by atoms with E-state index in [1.54, 1.807) is 24.4 Å². The van der Waals surface area contributed by atoms with Crippen LogP contribution in [0.2, 0.25) is 5.02 Å². The van der Waals surface area contributed by atoms with Crippen LogP contribution in [-0.2, 0) is 21.4 Å². The minimum absolute atomic E-state index is 0.269. The molecule has 41 heavy (non-hydrogen) atoms. The minimum Gasteiger partial charge on any atom is -0.487 e. The second-order valence-electron chi connectivity index (χ2n) is 9.58. The lowest BCUT2D eigenvalue weighted by Crippen LogP contribution is -2.40. The number of morpholine rings is 1. The van der Waals surface area contributed by atoms with Crippen molar-refractivity contribution in [2.45, 2.75) is 11.5 Å². The van der Waals surface area contributed by atoms with Gasteiger partial charge in [-0.1, -0.05) is 66.2 Å². The lowest BCUT2D eigenvalue weighted by atomic mass is 10.0. The monoisotopic (exact) mass is 586 g/mol. The molecule has 10 heteroatoms. The van der Waals surface area contributed by atoms with Gasteiger partial charge in [-0.15, -0.1) is 5.10 Å². The summed E-state index contributed by atoms with van der Waals surface area (Å²) in [5.41, 5.74) is 3.61. The Morgan fingerprint density at radius 2 is 1.66 bits per heavy atom. The Hall–Kier alpha value is -4.02. The molecule has 1 aliphatic heterocycles. The van der Waals surface area contributed by atoms with E-state index in [4.69, 9.17) is 21.1 Å². The van der Waals surface area contributed by atoms with Crippen LogP contribution >= 0.6 is 11.6 Å². The van der Waals surface area contributed by atoms with Gasteiger partial charge in [-0.3, -0.25) is 0 Å². The summed E-state index contributed by atoms with van der Waals surface area (Å²) in [6.07, 6.45) is 1.70. The van der Waals surface area contributed by atoms with Gasteiger partial charge in [0.15, 0.2) is 5.82 Å². The van der Waals surface area contributed by atoms with Crippen molar-refractivity contribution in [3.8, 4) is 16.9 Å². The van der Waals surface area contributed by atoms with Crippen LogP contribution in [0.5, 0.6) is 5.75 Å². The zero-order valence-electron chi connectivity index (χ0n) is 22.0. The van der Waals surface area contributed by atoms with Gasteiger partial charge in [0.25, 0.3) is 0 Å². The van der Waals surface area contributed by atoms with Crippen LogP contribution in [-0.4, -0.2) is 49.2 Å². The summed E-state index contributed by atoms with van der Waals surface area (Å²) in [5.74, 6) is 1.16. The Morgan fingerprint density at radius 3 is 2.41 bits per heavy atom. The highest BCUT2D eigenvalue weighted by atomic mass is 35.5. The number of ether oxygens (including phenoxy) is 2. The predicted octanol–water partition coefficient (Wildman–Crippen LogP) is 6.29. The second-order valence-corrected chi connectivity index (χ2v) is 11.9. The molecule has 1 aliphatic rings. The van der Waals surface area contributed by atoms with Gasteiger partial charge in [0.1, 0.15) is 12.4 Å². The third-order valence-electron chi connectivity index (χ3n) is 6.89. The number of aromatic nitrogens is 2. The lowest BCUT2D eigenvalue weighted by molar-refractivity contribution is 0.0730. The third-order valence-corrected chi connectivity index (χ3v) is 9.10. The molecule has 0 bridgehead atoms. The molecule has 0 atom stereocenters. The van der Waals surface area contributed by atoms with E-state index in [1.807, 2.05) is 72.8 Å². The first kappa shape index (κ1) is 27.2. The molecule has 0 aliphatic carbocycles. The molecule has 1 fully saturated rings. The molecule has 0 amide bonds. The summed E-state index contributed by atoms with van der Waals surface area (Å²) in [6, 6.07) is 28.3. The van der Waals surface area contributed by atoms with E-state index in [1.165, 1.54) is 4.31 Å². The highest BCUT2D eigenvalue weighted by Crippen LogP contribution is 2.33. The number of anilines is 2. The van der Waals surface area contributed by atoms with Crippen molar-refractivity contribution in [2.75, 3.05) is 31.6 Å². The highest BCUT2D eigenvalue weighted by molar-refractivity contribution is 7.89. The van der Waals surface area contributed by atoms with Crippen molar-refractivity contribution in [3.63, 3.8) is 0 Å². The van der Waals surface area contributed by atoms with Gasteiger partial charge in [0.2, 0.25) is 10.0 Å². The minimum atomic E-state index is -3.56. The summed E-state index contributed by atoms with van der Waals surface area (Å²) in [7, 11) is -3.56. The van der Waals surface area contributed by atoms with E-state index in [0.717, 1.165) is 33.2 Å². The third kappa shape index (κ3) is 6.03. The number of benzene rings is 4. The number of rotatable bonds is 8. The van der Waals surface area contributed by atoms with E-state index in [2.05, 4.69) is 15.5 Å². The summed E-state index contributed by atoms with van der Waals surface area (Å²) >= 11 is 6.53. The molecule has 0 saturated carbocycles. The van der Waals surface area contributed by atoms with Crippen LogP contribution in [0.25, 0.3) is 21.9 Å². The van der Waals surface area contributed by atoms with Crippen LogP contribution in [0.4, 0.5) is 11.5 Å². The number of sulfonamides is 1. The molecule has 1 N–H and O–H groups in total. The van der Waals surface area contributed by atoms with Crippen LogP contribution in [0.1, 0.15) is 5.56 Å². The van der Waals surface area contributed by atoms with Gasteiger partial charge in [0, 0.05) is 29.5 Å². The molecule has 8 nitrogen and oxygen atoms in total. The van der Waals surface area contributed by atoms with Crippen molar-refractivity contribution >= 4 is 43.9 Å². The number of nitrogens with one attached hydrogen (secondary N) is 1. The van der Waals surface area contributed by atoms with Gasteiger partial charge in [-0.25, -0.2) is 8.42 Å². The normalized spacial score (nSPS) is 14.2. The predicted molar refractivity (Wildman–Crippen MR) is 160 cm³/mol. The van der Waals surface area contributed by atoms with E-state index >= 15 is 0 Å². The second kappa shape index (κ2) is 11.8. The van der Waals surface area contributed by atoms with Crippen molar-refractivity contribution in [2.24, 2.45) is 0 Å². The average Bonchev–Trinajstić information content (AvgIpc) is 3.02. The SMILES string of the molecule is O=S(=O)(c1ccc(-c2ccc3cnnc(Nc4ccc(OCc5ccccc5)c(Cl)c4)c3c2)cc1)N1CCOCC1. The van der Waals surface area contributed by atoms with Crippen LogP contribution in [0.3, 0.4) is 0 Å². The summed E-state index contributed by atoms with van der Waals surface area (Å²) in [6.45, 7) is 1.96. The fraction of sp³-hybridized carbons (Fsp3) is 0.161. The molecule has 0 radical (unpaired) electrons. The summed E-state index contributed by atoms with van der Waals surface area (Å²) < 4.78 is 38.7. The lowest BCUT2D eigenvalue weighted by Gasteiger charge is -2.26. The van der Waals surface area contributed by atoms with E-state index in [-0.39, 0.29) is 4.90 Å². The van der Waals surface area contributed by atoms with Crippen molar-refractivity contribution in [3.05, 3.63) is 108 Å². The number of fused-ring (bicyclic) bond motifs is 1. The average molecular weight is 587 g/mol. The first-order valence-corrected chi connectivity index (χ1v) is 15.0. The standard InChI is InChI=1S/C31H27ClN4O4S/c32-29-19-26(10-13-30(29)40-21-22-4-2-1-3-5-22)34-31-28-18-24(6-7-25(28)20-33-35-31)23-8-11-27(12-9-23)41(37,38)36-14-16-39-17-15-36/h1-13,18-20H,14-17,21H2,(H,34,35). The zero-order chi connectivity index (χ0) is 28.2. The van der Waals surface area contributed by atoms with E-state index < -0.39 is 10.0 Å². The maximum Gasteiger partial charge on any atom is 0.243 e. The molecule has 4 aromatic carbocycles. The first-order valence-electron chi connectivity index (χ1n) is 13.1. The largest absolute Gasteiger partial charge is 0.487 e. The molecule has 5 aromatic rings. The molecular formula is C31H27ClN4O4S. The van der Waals surface area contributed by atoms with Crippen LogP contribution < -0.4 is 10.1 Å². The molecule has 208 valence electrons. The molecule has 1 saturated heterocycles. The van der Waals surface area contributed by atoms with Gasteiger partial charge in [0.05, 0.1) is 29.3 Å². The molecule has 2 heterocycles. The number of halogens is 1. The smallest absolute Gasteiger partial charge is 0.243 e. The molecular weight excluding hydrogens is 560 g/mol. The number of hydrogen-bond donors (Lipinski definition) is 1. The summed E-state index contributed by atoms with van der Waals surface area (Å²) in [5, 5.41) is 14.1. The zero-order valence-corrected chi connectivity index (χ0v) is 23.6. The summed E-state index contributed by atoms with van der Waals surface area (Å²) in [4.78, 5) is 0.269. The number of hydrogen-bond acceptors (Lipinski definition) is 7. The molecule has 0 spiro atoms. The van der Waals surface area contributed by atoms with E-state index in [0.29, 0.717) is 49.5 Å². The number of nitrogens with zero attached hydrogens (tertiary/aromatic N) is 3. The Morgan fingerprint density at radius 1 is 0.902 bits per heavy atom. The van der Waals surface area contributed by atoms with E-state index in [9.17, 15) is 8.42 Å². The van der Waals surface area contributed by atoms with Gasteiger partial charge >= 0.3 is 0 Å². The fourth-order valence-electron chi connectivity index (χ4n) is 4.67. The van der Waals surface area contributed by atoms with Crippen molar-refractivity contribution in [1.82, 2.24) is 14.5 Å². The highest BCUT2D eigenvalue weighted by Gasteiger charge is 2.26. The topological polar surface area (TPSA) is 93.7 Å². The molecule has 0 unspecified atom stereocenters. The van der Waals surface area contributed by atoms with Gasteiger partial charge < -0.3 is 14.8 Å². The molecule has 1 aromatic heterocycles. The van der Waals surface area contributed by atoms with Crippen molar-refractivity contribution in [1.29, 1.82) is 0 Å². The van der Waals surface area contributed by atoms with Gasteiger partial charge in [-0.2, -0.15) is 9.40 Å². The van der Waals surface area contributed by atoms with Crippen LogP contribution in [0, 0.1) is 0 Å². The quantitative estimate of drug-likeness (QED) is 0.228. The Balaban J connectivity index is 1.22. The maximum atomic E-state index is 13.0. The Kier molecular flexibility index (Phi) is 7.84. The maximum absolute atomic E-state index is 13.0. The van der Waals surface area contributed by atoms with Crippen LogP contribution in [0.15, 0.2) is 102 Å². The first-order chi connectivity index (χ1) is 20.0. The fourth-order valence-corrected chi connectivity index (χ4v) is 6.31.